The Balaban J connectivity index is 1.82. The van der Waals surface area contributed by atoms with E-state index in [0.29, 0.717) is 13.2 Å². The van der Waals surface area contributed by atoms with Gasteiger partial charge >= 0.3 is 6.03 Å². The third-order valence-electron chi connectivity index (χ3n) is 3.80. The summed E-state index contributed by atoms with van der Waals surface area (Å²) in [4.78, 5) is 26.5. The van der Waals surface area contributed by atoms with Crippen LogP contribution in [-0.2, 0) is 4.79 Å². The summed E-state index contributed by atoms with van der Waals surface area (Å²) in [5.41, 5.74) is 6.03. The van der Waals surface area contributed by atoms with E-state index in [2.05, 4.69) is 21.2 Å². The number of urea groups is 1. The number of ether oxygens (including phenoxy) is 1. The average molecular weight is 320 g/mol. The van der Waals surface area contributed by atoms with Crippen molar-refractivity contribution in [1.82, 2.24) is 10.2 Å². The number of benzene rings is 1. The second kappa shape index (κ2) is 8.38. The molecule has 0 radical (unpaired) electrons. The summed E-state index contributed by atoms with van der Waals surface area (Å²) in [6.45, 7) is 6.73. The lowest BCUT2D eigenvalue weighted by Gasteiger charge is -2.36. The lowest BCUT2D eigenvalue weighted by atomic mass is 10.2. The third-order valence-corrected chi connectivity index (χ3v) is 3.80. The first-order valence-corrected chi connectivity index (χ1v) is 7.88. The number of hydrogen-bond donors (Lipinski definition) is 2. The van der Waals surface area contributed by atoms with Gasteiger partial charge in [-0.1, -0.05) is 12.1 Å². The molecule has 0 bridgehead atoms. The van der Waals surface area contributed by atoms with E-state index >= 15 is 0 Å². The zero-order valence-corrected chi connectivity index (χ0v) is 13.5. The number of nitrogens with two attached hydrogens (primary N) is 1. The number of nitrogens with one attached hydrogen (secondary N) is 1. The van der Waals surface area contributed by atoms with Crippen molar-refractivity contribution in [3.8, 4) is 5.75 Å². The Kier molecular flexibility index (Phi) is 6.22. The Labute approximate surface area is 136 Å². The molecular weight excluding hydrogens is 296 g/mol. The number of piperazine rings is 1. The van der Waals surface area contributed by atoms with E-state index in [1.807, 2.05) is 25.1 Å². The standard InChI is InChI=1S/C16H24N4O3/c1-2-23-14-6-4-3-5-13(14)20-11-9-19(10-12-20)8-7-15(21)18-16(17)22/h3-6H,2,7-12H2,1H3,(H3,17,18,21,22). The quantitative estimate of drug-likeness (QED) is 0.809. The Morgan fingerprint density at radius 2 is 1.91 bits per heavy atom. The number of anilines is 1. The molecule has 1 aliphatic heterocycles. The SMILES string of the molecule is CCOc1ccccc1N1CCN(CCC(=O)NC(N)=O)CC1. The minimum absolute atomic E-state index is 0.276. The number of carbonyl (C=O) groups is 2. The van der Waals surface area contributed by atoms with Crippen LogP contribution in [0.3, 0.4) is 0 Å². The van der Waals surface area contributed by atoms with E-state index in [0.717, 1.165) is 37.6 Å². The Morgan fingerprint density at radius 3 is 2.57 bits per heavy atom. The fraction of sp³-hybridized carbons (Fsp3) is 0.500. The van der Waals surface area contributed by atoms with Crippen LogP contribution in [0.5, 0.6) is 5.75 Å². The van der Waals surface area contributed by atoms with Crippen molar-refractivity contribution in [3.05, 3.63) is 24.3 Å². The van der Waals surface area contributed by atoms with Crippen LogP contribution >= 0.6 is 0 Å². The molecule has 126 valence electrons. The molecule has 3 N–H and O–H groups in total. The number of carbonyl (C=O) groups excluding carboxylic acids is 2. The number of primary amides is 1. The largest absolute Gasteiger partial charge is 0.492 e. The Morgan fingerprint density at radius 1 is 1.22 bits per heavy atom. The topological polar surface area (TPSA) is 87.9 Å². The highest BCUT2D eigenvalue weighted by Crippen LogP contribution is 2.28. The average Bonchev–Trinajstić information content (AvgIpc) is 2.54. The molecule has 1 saturated heterocycles. The predicted molar refractivity (Wildman–Crippen MR) is 88.6 cm³/mol. The van der Waals surface area contributed by atoms with Gasteiger partial charge in [0.15, 0.2) is 0 Å². The molecule has 0 aliphatic carbocycles. The highest BCUT2D eigenvalue weighted by Gasteiger charge is 2.20. The van der Waals surface area contributed by atoms with E-state index in [4.69, 9.17) is 10.5 Å². The summed E-state index contributed by atoms with van der Waals surface area (Å²) in [6.07, 6.45) is 0.276. The van der Waals surface area contributed by atoms with E-state index < -0.39 is 6.03 Å². The van der Waals surface area contributed by atoms with Crippen LogP contribution in [-0.4, -0.2) is 56.2 Å². The molecule has 1 fully saturated rings. The van der Waals surface area contributed by atoms with Crippen LogP contribution in [0.25, 0.3) is 0 Å². The second-order valence-electron chi connectivity index (χ2n) is 5.39. The van der Waals surface area contributed by atoms with Gasteiger partial charge in [0.05, 0.1) is 12.3 Å². The number of amides is 3. The van der Waals surface area contributed by atoms with Crippen molar-refractivity contribution in [2.45, 2.75) is 13.3 Å². The second-order valence-corrected chi connectivity index (χ2v) is 5.39. The number of nitrogens with zero attached hydrogens (tertiary/aromatic N) is 2. The molecule has 7 heteroatoms. The van der Waals surface area contributed by atoms with Crippen molar-refractivity contribution in [3.63, 3.8) is 0 Å². The third kappa shape index (κ3) is 5.14. The monoisotopic (exact) mass is 320 g/mol. The van der Waals surface area contributed by atoms with Gasteiger partial charge < -0.3 is 15.4 Å². The summed E-state index contributed by atoms with van der Waals surface area (Å²) in [6, 6.07) is 7.24. The van der Waals surface area contributed by atoms with Crippen molar-refractivity contribution in [2.24, 2.45) is 5.73 Å². The summed E-state index contributed by atoms with van der Waals surface area (Å²) >= 11 is 0. The van der Waals surface area contributed by atoms with Crippen molar-refractivity contribution in [2.75, 3.05) is 44.2 Å². The zero-order chi connectivity index (χ0) is 16.7. The first-order chi connectivity index (χ1) is 11.1. The maximum atomic E-state index is 11.4. The summed E-state index contributed by atoms with van der Waals surface area (Å²) in [5.74, 6) is 0.575. The zero-order valence-electron chi connectivity index (χ0n) is 13.5. The van der Waals surface area contributed by atoms with Gasteiger partial charge in [0.25, 0.3) is 0 Å². The smallest absolute Gasteiger partial charge is 0.318 e. The number of para-hydroxylation sites is 2. The summed E-state index contributed by atoms with van der Waals surface area (Å²) in [7, 11) is 0. The van der Waals surface area contributed by atoms with Crippen LogP contribution in [0.15, 0.2) is 24.3 Å². The van der Waals surface area contributed by atoms with Gasteiger partial charge in [-0.25, -0.2) is 4.79 Å². The highest BCUT2D eigenvalue weighted by atomic mass is 16.5. The molecule has 3 amide bonds. The lowest BCUT2D eigenvalue weighted by molar-refractivity contribution is -0.120. The fourth-order valence-corrected chi connectivity index (χ4v) is 2.67. The van der Waals surface area contributed by atoms with Crippen LogP contribution in [0.2, 0.25) is 0 Å². The molecule has 1 aliphatic rings. The number of imide groups is 1. The molecule has 1 heterocycles. The maximum Gasteiger partial charge on any atom is 0.318 e. The number of hydrogen-bond acceptors (Lipinski definition) is 5. The molecule has 0 spiro atoms. The van der Waals surface area contributed by atoms with Gasteiger partial charge in [-0.05, 0) is 19.1 Å². The highest BCUT2D eigenvalue weighted by molar-refractivity contribution is 5.93. The van der Waals surface area contributed by atoms with E-state index in [1.54, 1.807) is 0 Å². The molecular formula is C16H24N4O3. The van der Waals surface area contributed by atoms with E-state index in [9.17, 15) is 9.59 Å². The maximum absolute atomic E-state index is 11.4. The van der Waals surface area contributed by atoms with Crippen molar-refractivity contribution >= 4 is 17.6 Å². The summed E-state index contributed by atoms with van der Waals surface area (Å²) < 4.78 is 5.68. The van der Waals surface area contributed by atoms with Crippen molar-refractivity contribution < 1.29 is 14.3 Å². The molecule has 1 aromatic carbocycles. The first kappa shape index (κ1) is 17.1. The van der Waals surface area contributed by atoms with Crippen LogP contribution in [0, 0.1) is 0 Å². The van der Waals surface area contributed by atoms with E-state index in [1.165, 1.54) is 0 Å². The van der Waals surface area contributed by atoms with Crippen molar-refractivity contribution in [1.29, 1.82) is 0 Å². The van der Waals surface area contributed by atoms with E-state index in [-0.39, 0.29) is 12.3 Å². The molecule has 1 aromatic rings. The van der Waals surface area contributed by atoms with Gasteiger partial charge in [0.2, 0.25) is 5.91 Å². The molecule has 0 unspecified atom stereocenters. The van der Waals surface area contributed by atoms with Gasteiger partial charge in [-0.2, -0.15) is 0 Å². The predicted octanol–water partition coefficient (Wildman–Crippen LogP) is 0.792. The fourth-order valence-electron chi connectivity index (χ4n) is 2.67. The van der Waals surface area contributed by atoms with Gasteiger partial charge in [-0.15, -0.1) is 0 Å². The number of rotatable bonds is 6. The van der Waals surface area contributed by atoms with Gasteiger partial charge in [0.1, 0.15) is 5.75 Å². The summed E-state index contributed by atoms with van der Waals surface area (Å²) in [5, 5.41) is 2.08. The van der Waals surface area contributed by atoms with Crippen LogP contribution in [0.1, 0.15) is 13.3 Å². The molecule has 23 heavy (non-hydrogen) atoms. The Hall–Kier alpha value is -2.28. The molecule has 2 rings (SSSR count). The Bertz CT molecular complexity index is 542. The van der Waals surface area contributed by atoms with Gasteiger partial charge in [0, 0.05) is 39.1 Å². The molecule has 0 aromatic heterocycles. The van der Waals surface area contributed by atoms with Crippen LogP contribution in [0.4, 0.5) is 10.5 Å². The molecule has 0 saturated carbocycles. The minimum Gasteiger partial charge on any atom is -0.492 e. The normalized spacial score (nSPS) is 15.3. The van der Waals surface area contributed by atoms with Gasteiger partial charge in [-0.3, -0.25) is 15.0 Å². The van der Waals surface area contributed by atoms with Crippen LogP contribution < -0.4 is 20.7 Å². The molecule has 0 atom stereocenters. The lowest BCUT2D eigenvalue weighted by Crippen LogP contribution is -2.47. The molecule has 7 nitrogen and oxygen atoms in total. The first-order valence-electron chi connectivity index (χ1n) is 7.88. The minimum atomic E-state index is -0.799.